The quantitative estimate of drug-likeness (QED) is 0.477. The van der Waals surface area contributed by atoms with Crippen LogP contribution in [-0.4, -0.2) is 37.8 Å². The summed E-state index contributed by atoms with van der Waals surface area (Å²) >= 11 is 0. The second kappa shape index (κ2) is 11.5. The maximum absolute atomic E-state index is 11.8. The number of hydrazone groups is 1. The number of amides is 2. The van der Waals surface area contributed by atoms with Crippen molar-refractivity contribution >= 4 is 18.0 Å². The van der Waals surface area contributed by atoms with Crippen LogP contribution in [0.3, 0.4) is 0 Å². The van der Waals surface area contributed by atoms with Crippen molar-refractivity contribution in [2.24, 2.45) is 11.0 Å². The minimum Gasteiger partial charge on any atom is -0.493 e. The van der Waals surface area contributed by atoms with Gasteiger partial charge in [0.15, 0.2) is 6.61 Å². The first-order valence-corrected chi connectivity index (χ1v) is 9.43. The molecule has 0 radical (unpaired) electrons. The molecule has 0 heterocycles. The average Bonchev–Trinajstić information content (AvgIpc) is 2.70. The fraction of sp³-hybridized carbons (Fsp3) is 0.318. The summed E-state index contributed by atoms with van der Waals surface area (Å²) in [6, 6.07) is 14.8. The molecule has 0 bridgehead atoms. The van der Waals surface area contributed by atoms with Crippen molar-refractivity contribution in [3.63, 3.8) is 0 Å². The first-order chi connectivity index (χ1) is 13.9. The summed E-state index contributed by atoms with van der Waals surface area (Å²) in [5.74, 6) is 1.04. The number of hydrogen-bond acceptors (Lipinski definition) is 5. The minimum absolute atomic E-state index is 0.161. The van der Waals surface area contributed by atoms with Crippen molar-refractivity contribution in [2.75, 3.05) is 19.8 Å². The minimum atomic E-state index is -0.429. The largest absolute Gasteiger partial charge is 0.493 e. The highest BCUT2D eigenvalue weighted by atomic mass is 16.5. The molecule has 7 nitrogen and oxygen atoms in total. The Kier molecular flexibility index (Phi) is 8.69. The monoisotopic (exact) mass is 397 g/mol. The van der Waals surface area contributed by atoms with Gasteiger partial charge in [-0.1, -0.05) is 26.0 Å². The zero-order chi connectivity index (χ0) is 21.1. The number of aryl methyl sites for hydroxylation is 1. The van der Waals surface area contributed by atoms with Crippen LogP contribution in [0.2, 0.25) is 0 Å². The standard InChI is InChI=1S/C22H27N3O4/c1-16(2)14-28-19-9-7-18(8-10-19)12-24-25-21(26)13-23-22(27)15-29-20-6-4-5-17(3)11-20/h4-12,16H,13-15H2,1-3H3,(H,23,27)(H,25,26)/b24-12-. The van der Waals surface area contributed by atoms with E-state index in [2.05, 4.69) is 29.7 Å². The molecule has 0 aromatic heterocycles. The molecule has 0 saturated heterocycles. The van der Waals surface area contributed by atoms with Crippen LogP contribution in [0.4, 0.5) is 0 Å². The van der Waals surface area contributed by atoms with Gasteiger partial charge in [-0.3, -0.25) is 9.59 Å². The number of hydrogen-bond donors (Lipinski definition) is 2. The highest BCUT2D eigenvalue weighted by Gasteiger charge is 2.06. The highest BCUT2D eigenvalue weighted by Crippen LogP contribution is 2.12. The van der Waals surface area contributed by atoms with Crippen LogP contribution in [0.25, 0.3) is 0 Å². The zero-order valence-corrected chi connectivity index (χ0v) is 17.0. The molecule has 0 spiro atoms. The lowest BCUT2D eigenvalue weighted by Crippen LogP contribution is -2.37. The van der Waals surface area contributed by atoms with Gasteiger partial charge < -0.3 is 14.8 Å². The normalized spacial score (nSPS) is 10.8. The van der Waals surface area contributed by atoms with Crippen LogP contribution in [0, 0.1) is 12.8 Å². The third-order valence-corrected chi connectivity index (χ3v) is 3.67. The number of rotatable bonds is 10. The first kappa shape index (κ1) is 21.9. The van der Waals surface area contributed by atoms with Crippen molar-refractivity contribution in [1.29, 1.82) is 0 Å². The van der Waals surface area contributed by atoms with E-state index in [1.54, 1.807) is 6.07 Å². The van der Waals surface area contributed by atoms with Crippen LogP contribution in [0.1, 0.15) is 25.0 Å². The van der Waals surface area contributed by atoms with Gasteiger partial charge in [-0.15, -0.1) is 0 Å². The molecule has 2 N–H and O–H groups in total. The van der Waals surface area contributed by atoms with Crippen molar-refractivity contribution in [2.45, 2.75) is 20.8 Å². The van der Waals surface area contributed by atoms with E-state index >= 15 is 0 Å². The number of nitrogens with zero attached hydrogens (tertiary/aromatic N) is 1. The third-order valence-electron chi connectivity index (χ3n) is 3.67. The molecular formula is C22H27N3O4. The van der Waals surface area contributed by atoms with Gasteiger partial charge in [0.2, 0.25) is 0 Å². The van der Waals surface area contributed by atoms with Gasteiger partial charge in [0, 0.05) is 0 Å². The molecule has 2 aromatic rings. The van der Waals surface area contributed by atoms with Gasteiger partial charge in [-0.25, -0.2) is 5.43 Å². The summed E-state index contributed by atoms with van der Waals surface area (Å²) in [7, 11) is 0. The Balaban J connectivity index is 1.66. The molecule has 7 heteroatoms. The highest BCUT2D eigenvalue weighted by molar-refractivity contribution is 5.86. The van der Waals surface area contributed by atoms with Crippen molar-refractivity contribution in [3.05, 3.63) is 59.7 Å². The molecule has 154 valence electrons. The Hall–Kier alpha value is -3.35. The Morgan fingerprint density at radius 2 is 1.79 bits per heavy atom. The van der Waals surface area contributed by atoms with Crippen molar-refractivity contribution < 1.29 is 19.1 Å². The summed E-state index contributed by atoms with van der Waals surface area (Å²) in [5.41, 5.74) is 4.22. The molecular weight excluding hydrogens is 370 g/mol. The zero-order valence-electron chi connectivity index (χ0n) is 17.0. The molecule has 0 atom stereocenters. The predicted octanol–water partition coefficient (Wildman–Crippen LogP) is 2.68. The third kappa shape index (κ3) is 8.92. The topological polar surface area (TPSA) is 89.0 Å². The fourth-order valence-corrected chi connectivity index (χ4v) is 2.22. The van der Waals surface area contributed by atoms with Gasteiger partial charge >= 0.3 is 0 Å². The number of carbonyl (C=O) groups excluding carboxylic acids is 2. The van der Waals surface area contributed by atoms with Crippen LogP contribution in [-0.2, 0) is 9.59 Å². The summed E-state index contributed by atoms with van der Waals surface area (Å²) in [6.07, 6.45) is 1.52. The lowest BCUT2D eigenvalue weighted by atomic mass is 10.2. The van der Waals surface area contributed by atoms with E-state index in [-0.39, 0.29) is 19.1 Å². The molecule has 0 saturated carbocycles. The van der Waals surface area contributed by atoms with E-state index < -0.39 is 5.91 Å². The maximum atomic E-state index is 11.8. The number of benzene rings is 2. The van der Waals surface area contributed by atoms with Crippen molar-refractivity contribution in [3.8, 4) is 11.5 Å². The van der Waals surface area contributed by atoms with Gasteiger partial charge in [0.1, 0.15) is 11.5 Å². The molecule has 0 aliphatic heterocycles. The average molecular weight is 397 g/mol. The fourth-order valence-electron chi connectivity index (χ4n) is 2.22. The lowest BCUT2D eigenvalue weighted by molar-refractivity contribution is -0.127. The SMILES string of the molecule is Cc1cccc(OCC(=O)NCC(=O)N/N=C\c2ccc(OCC(C)C)cc2)c1. The van der Waals surface area contributed by atoms with E-state index in [1.807, 2.05) is 49.4 Å². The second-order valence-corrected chi connectivity index (χ2v) is 6.95. The first-order valence-electron chi connectivity index (χ1n) is 9.43. The summed E-state index contributed by atoms with van der Waals surface area (Å²) in [5, 5.41) is 6.36. The molecule has 0 aliphatic rings. The molecule has 29 heavy (non-hydrogen) atoms. The molecule has 0 unspecified atom stereocenters. The molecule has 0 aliphatic carbocycles. The Morgan fingerprint density at radius 1 is 1.03 bits per heavy atom. The smallest absolute Gasteiger partial charge is 0.259 e. The summed E-state index contributed by atoms with van der Waals surface area (Å²) in [6.45, 7) is 6.42. The number of carbonyl (C=O) groups is 2. The predicted molar refractivity (Wildman–Crippen MR) is 112 cm³/mol. The van der Waals surface area contributed by atoms with E-state index in [4.69, 9.17) is 9.47 Å². The van der Waals surface area contributed by atoms with E-state index in [1.165, 1.54) is 6.21 Å². The molecule has 0 fully saturated rings. The molecule has 2 rings (SSSR count). The second-order valence-electron chi connectivity index (χ2n) is 6.95. The van der Waals surface area contributed by atoms with Crippen LogP contribution < -0.4 is 20.2 Å². The van der Waals surface area contributed by atoms with E-state index in [0.29, 0.717) is 18.3 Å². The number of ether oxygens (including phenoxy) is 2. The van der Waals surface area contributed by atoms with E-state index in [9.17, 15) is 9.59 Å². The Morgan fingerprint density at radius 3 is 2.48 bits per heavy atom. The van der Waals surface area contributed by atoms with Gasteiger partial charge in [-0.05, 0) is 60.4 Å². The van der Waals surface area contributed by atoms with Gasteiger partial charge in [0.05, 0.1) is 19.4 Å². The maximum Gasteiger partial charge on any atom is 0.259 e. The van der Waals surface area contributed by atoms with Crippen LogP contribution in [0.15, 0.2) is 53.6 Å². The van der Waals surface area contributed by atoms with Crippen LogP contribution in [0.5, 0.6) is 11.5 Å². The lowest BCUT2D eigenvalue weighted by Gasteiger charge is -2.08. The molecule has 2 amide bonds. The van der Waals surface area contributed by atoms with Gasteiger partial charge in [0.25, 0.3) is 11.8 Å². The van der Waals surface area contributed by atoms with Crippen LogP contribution >= 0.6 is 0 Å². The Bertz CT molecular complexity index is 832. The van der Waals surface area contributed by atoms with Gasteiger partial charge in [-0.2, -0.15) is 5.10 Å². The van der Waals surface area contributed by atoms with E-state index in [0.717, 1.165) is 16.9 Å². The Labute approximate surface area is 171 Å². The van der Waals surface area contributed by atoms with Crippen molar-refractivity contribution in [1.82, 2.24) is 10.7 Å². The number of nitrogens with one attached hydrogen (secondary N) is 2. The summed E-state index contributed by atoms with van der Waals surface area (Å²) < 4.78 is 11.0. The summed E-state index contributed by atoms with van der Waals surface area (Å²) in [4.78, 5) is 23.5. The molecule has 2 aromatic carbocycles.